The molecule has 1 heterocycles. The van der Waals surface area contributed by atoms with Gasteiger partial charge in [-0.1, -0.05) is 0 Å². The van der Waals surface area contributed by atoms with Crippen LogP contribution in [0.5, 0.6) is 0 Å². The van der Waals surface area contributed by atoms with E-state index in [1.54, 1.807) is 25.4 Å². The summed E-state index contributed by atoms with van der Waals surface area (Å²) in [7, 11) is 1.49. The van der Waals surface area contributed by atoms with E-state index >= 15 is 0 Å². The van der Waals surface area contributed by atoms with Crippen molar-refractivity contribution in [2.75, 3.05) is 12.4 Å². The minimum Gasteiger partial charge on any atom is -0.372 e. The van der Waals surface area contributed by atoms with E-state index in [1.165, 1.54) is 7.11 Å². The Kier molecular flexibility index (Phi) is 4.03. The number of nitrogens with zero attached hydrogens (tertiary/aromatic N) is 1. The number of hydrogen-bond acceptors (Lipinski definition) is 3. The molecule has 1 atom stereocenters. The van der Waals surface area contributed by atoms with Crippen molar-refractivity contribution in [1.29, 1.82) is 0 Å². The highest BCUT2D eigenvalue weighted by atomic mass is 79.9. The molecule has 0 spiro atoms. The third-order valence-corrected chi connectivity index (χ3v) is 2.39. The summed E-state index contributed by atoms with van der Waals surface area (Å²) in [5.41, 5.74) is 0.689. The number of methoxy groups -OCH3 is 1. The van der Waals surface area contributed by atoms with Crippen LogP contribution in [0.25, 0.3) is 0 Å². The number of halogens is 1. The van der Waals surface area contributed by atoms with Crippen LogP contribution in [0, 0.1) is 0 Å². The van der Waals surface area contributed by atoms with Gasteiger partial charge >= 0.3 is 0 Å². The highest BCUT2D eigenvalue weighted by molar-refractivity contribution is 9.10. The van der Waals surface area contributed by atoms with Crippen molar-refractivity contribution < 1.29 is 9.53 Å². The molecule has 1 aromatic heterocycles. The number of anilines is 1. The maximum atomic E-state index is 11.4. The Morgan fingerprint density at radius 2 is 2.43 bits per heavy atom. The van der Waals surface area contributed by atoms with Crippen LogP contribution in [0.4, 0.5) is 5.69 Å². The SMILES string of the molecule is COC(C)C(=O)Nc1ccncc1Br. The number of ether oxygens (including phenoxy) is 1. The molecule has 0 saturated carbocycles. The third-order valence-electron chi connectivity index (χ3n) is 1.75. The number of aromatic nitrogens is 1. The molecule has 0 aliphatic rings. The Bertz CT molecular complexity index is 330. The van der Waals surface area contributed by atoms with E-state index in [4.69, 9.17) is 4.74 Å². The van der Waals surface area contributed by atoms with Gasteiger partial charge in [-0.2, -0.15) is 0 Å². The molecular weight excluding hydrogens is 248 g/mol. The van der Waals surface area contributed by atoms with E-state index in [2.05, 4.69) is 26.2 Å². The number of amides is 1. The van der Waals surface area contributed by atoms with Gasteiger partial charge in [0.15, 0.2) is 0 Å². The standard InChI is InChI=1S/C9H11BrN2O2/c1-6(14-2)9(13)12-8-3-4-11-5-7(8)10/h3-6H,1-2H3,(H,11,12,13). The van der Waals surface area contributed by atoms with Crippen LogP contribution < -0.4 is 5.32 Å². The van der Waals surface area contributed by atoms with Crippen molar-refractivity contribution in [2.45, 2.75) is 13.0 Å². The van der Waals surface area contributed by atoms with E-state index in [9.17, 15) is 4.79 Å². The molecule has 0 saturated heterocycles. The molecule has 5 heteroatoms. The fourth-order valence-corrected chi connectivity index (χ4v) is 1.17. The summed E-state index contributed by atoms with van der Waals surface area (Å²) in [5.74, 6) is -0.181. The van der Waals surface area contributed by atoms with Gasteiger partial charge in [0.2, 0.25) is 0 Å². The van der Waals surface area contributed by atoms with Crippen LogP contribution in [0.2, 0.25) is 0 Å². The van der Waals surface area contributed by atoms with Crippen molar-refractivity contribution >= 4 is 27.5 Å². The molecular formula is C9H11BrN2O2. The summed E-state index contributed by atoms with van der Waals surface area (Å²) in [6, 6.07) is 1.71. The van der Waals surface area contributed by atoms with Crippen molar-refractivity contribution in [2.24, 2.45) is 0 Å². The first-order valence-corrected chi connectivity index (χ1v) is 4.87. The molecule has 4 nitrogen and oxygen atoms in total. The molecule has 1 amide bonds. The summed E-state index contributed by atoms with van der Waals surface area (Å²) in [6.07, 6.45) is 2.76. The first-order valence-electron chi connectivity index (χ1n) is 4.08. The number of pyridine rings is 1. The Morgan fingerprint density at radius 3 is 3.00 bits per heavy atom. The van der Waals surface area contributed by atoms with Crippen molar-refractivity contribution in [3.05, 3.63) is 22.9 Å². The average molecular weight is 259 g/mol. The van der Waals surface area contributed by atoms with Crippen LogP contribution >= 0.6 is 15.9 Å². The topological polar surface area (TPSA) is 51.2 Å². The minimum absolute atomic E-state index is 0.181. The second kappa shape index (κ2) is 5.07. The molecule has 14 heavy (non-hydrogen) atoms. The lowest BCUT2D eigenvalue weighted by Gasteiger charge is -2.10. The fraction of sp³-hybridized carbons (Fsp3) is 0.333. The first kappa shape index (κ1) is 11.1. The lowest BCUT2D eigenvalue weighted by molar-refractivity contribution is -0.124. The second-order valence-corrected chi connectivity index (χ2v) is 3.58. The summed E-state index contributed by atoms with van der Waals surface area (Å²) in [5, 5.41) is 2.71. The van der Waals surface area contributed by atoms with E-state index in [0.29, 0.717) is 5.69 Å². The summed E-state index contributed by atoms with van der Waals surface area (Å²) >= 11 is 3.28. The Morgan fingerprint density at radius 1 is 1.71 bits per heavy atom. The second-order valence-electron chi connectivity index (χ2n) is 2.72. The summed E-state index contributed by atoms with van der Waals surface area (Å²) in [4.78, 5) is 15.3. The van der Waals surface area contributed by atoms with Crippen molar-refractivity contribution in [3.63, 3.8) is 0 Å². The predicted molar refractivity (Wildman–Crippen MR) is 57.0 cm³/mol. The number of nitrogens with one attached hydrogen (secondary N) is 1. The Labute approximate surface area is 90.8 Å². The molecule has 1 unspecified atom stereocenters. The number of hydrogen-bond donors (Lipinski definition) is 1. The van der Waals surface area contributed by atoms with Gasteiger partial charge in [0.1, 0.15) is 6.10 Å². The maximum Gasteiger partial charge on any atom is 0.253 e. The summed E-state index contributed by atoms with van der Waals surface area (Å²) in [6.45, 7) is 1.68. The van der Waals surface area contributed by atoms with Gasteiger partial charge in [-0.3, -0.25) is 9.78 Å². The largest absolute Gasteiger partial charge is 0.372 e. The number of carbonyl (C=O) groups excluding carboxylic acids is 1. The molecule has 0 radical (unpaired) electrons. The zero-order valence-electron chi connectivity index (χ0n) is 7.95. The van der Waals surface area contributed by atoms with E-state index in [0.717, 1.165) is 4.47 Å². The highest BCUT2D eigenvalue weighted by Crippen LogP contribution is 2.19. The van der Waals surface area contributed by atoms with E-state index in [-0.39, 0.29) is 5.91 Å². The molecule has 1 rings (SSSR count). The molecule has 0 aliphatic heterocycles. The van der Waals surface area contributed by atoms with Gasteiger partial charge in [-0.05, 0) is 28.9 Å². The zero-order valence-corrected chi connectivity index (χ0v) is 9.54. The average Bonchev–Trinajstić information content (AvgIpc) is 2.20. The molecule has 0 aliphatic carbocycles. The summed E-state index contributed by atoms with van der Waals surface area (Å²) < 4.78 is 5.63. The van der Waals surface area contributed by atoms with Crippen LogP contribution in [0.3, 0.4) is 0 Å². The number of rotatable bonds is 3. The van der Waals surface area contributed by atoms with Crippen molar-refractivity contribution in [1.82, 2.24) is 4.98 Å². The van der Waals surface area contributed by atoms with Gasteiger partial charge < -0.3 is 10.1 Å². The highest BCUT2D eigenvalue weighted by Gasteiger charge is 2.12. The van der Waals surface area contributed by atoms with Gasteiger partial charge in [-0.15, -0.1) is 0 Å². The lowest BCUT2D eigenvalue weighted by Crippen LogP contribution is -2.26. The Balaban J connectivity index is 2.70. The van der Waals surface area contributed by atoms with Gasteiger partial charge in [0.05, 0.1) is 10.2 Å². The molecule has 76 valence electrons. The molecule has 0 fully saturated rings. The van der Waals surface area contributed by atoms with E-state index in [1.807, 2.05) is 0 Å². The van der Waals surface area contributed by atoms with Crippen LogP contribution in [0.15, 0.2) is 22.9 Å². The predicted octanol–water partition coefficient (Wildman–Crippen LogP) is 1.82. The monoisotopic (exact) mass is 258 g/mol. The molecule has 1 N–H and O–H groups in total. The van der Waals surface area contributed by atoms with Crippen LogP contribution in [0.1, 0.15) is 6.92 Å². The lowest BCUT2D eigenvalue weighted by atomic mass is 10.3. The minimum atomic E-state index is -0.463. The third kappa shape index (κ3) is 2.78. The fourth-order valence-electron chi connectivity index (χ4n) is 0.818. The van der Waals surface area contributed by atoms with Crippen LogP contribution in [-0.2, 0) is 9.53 Å². The number of carbonyl (C=O) groups is 1. The van der Waals surface area contributed by atoms with Gasteiger partial charge in [0, 0.05) is 19.5 Å². The Hall–Kier alpha value is -0.940. The first-order chi connectivity index (χ1) is 6.65. The molecule has 0 aromatic carbocycles. The van der Waals surface area contributed by atoms with Gasteiger partial charge in [-0.25, -0.2) is 0 Å². The van der Waals surface area contributed by atoms with E-state index < -0.39 is 6.10 Å². The smallest absolute Gasteiger partial charge is 0.253 e. The maximum absolute atomic E-state index is 11.4. The molecule has 1 aromatic rings. The van der Waals surface area contributed by atoms with Crippen LogP contribution in [-0.4, -0.2) is 24.1 Å². The quantitative estimate of drug-likeness (QED) is 0.900. The molecule has 0 bridgehead atoms. The zero-order chi connectivity index (χ0) is 10.6. The van der Waals surface area contributed by atoms with Crippen molar-refractivity contribution in [3.8, 4) is 0 Å². The normalized spacial score (nSPS) is 12.2. The van der Waals surface area contributed by atoms with Gasteiger partial charge in [0.25, 0.3) is 5.91 Å².